The van der Waals surface area contributed by atoms with Crippen molar-refractivity contribution in [2.75, 3.05) is 27.2 Å². The van der Waals surface area contributed by atoms with Crippen LogP contribution in [0.5, 0.6) is 0 Å². The quantitative estimate of drug-likeness (QED) is 0.875. The molecule has 0 spiro atoms. The van der Waals surface area contributed by atoms with Gasteiger partial charge in [0.05, 0.1) is 10.0 Å². The Morgan fingerprint density at radius 2 is 1.94 bits per heavy atom. The van der Waals surface area contributed by atoms with Crippen LogP contribution in [0, 0.1) is 0 Å². The molecule has 1 rings (SSSR count). The van der Waals surface area contributed by atoms with Crippen molar-refractivity contribution in [2.24, 2.45) is 0 Å². The molecule has 0 aliphatic rings. The van der Waals surface area contributed by atoms with Gasteiger partial charge in [0.2, 0.25) is 0 Å². The minimum absolute atomic E-state index is 0.287. The largest absolute Gasteiger partial charge is 0.309 e. The smallest absolute Gasteiger partial charge is 0.0595 e. The lowest BCUT2D eigenvalue weighted by atomic mass is 10.1. The molecule has 4 heteroatoms. The van der Waals surface area contributed by atoms with Crippen molar-refractivity contribution in [3.8, 4) is 0 Å². The fourth-order valence-corrected chi connectivity index (χ4v) is 1.71. The van der Waals surface area contributed by atoms with Gasteiger partial charge in [-0.15, -0.1) is 0 Å². The van der Waals surface area contributed by atoms with Gasteiger partial charge in [0.1, 0.15) is 0 Å². The van der Waals surface area contributed by atoms with Crippen LogP contribution in [-0.2, 0) is 0 Å². The van der Waals surface area contributed by atoms with Crippen LogP contribution in [0.15, 0.2) is 18.2 Å². The number of rotatable bonds is 5. The third-order valence-corrected chi connectivity index (χ3v) is 3.19. The van der Waals surface area contributed by atoms with E-state index in [2.05, 4.69) is 31.2 Å². The van der Waals surface area contributed by atoms with Crippen molar-refractivity contribution in [1.29, 1.82) is 0 Å². The number of nitrogens with zero attached hydrogens (tertiary/aromatic N) is 1. The van der Waals surface area contributed by atoms with Gasteiger partial charge in [-0.1, -0.05) is 29.3 Å². The summed E-state index contributed by atoms with van der Waals surface area (Å²) in [5.41, 5.74) is 1.16. The van der Waals surface area contributed by atoms with Crippen LogP contribution < -0.4 is 5.32 Å². The summed E-state index contributed by atoms with van der Waals surface area (Å²) in [5.74, 6) is 0. The first kappa shape index (κ1) is 13.8. The van der Waals surface area contributed by atoms with Crippen molar-refractivity contribution >= 4 is 23.2 Å². The van der Waals surface area contributed by atoms with Gasteiger partial charge in [-0.3, -0.25) is 0 Å². The van der Waals surface area contributed by atoms with E-state index in [-0.39, 0.29) is 6.04 Å². The lowest BCUT2D eigenvalue weighted by Crippen LogP contribution is -2.28. The Bertz CT molecular complexity index is 340. The number of benzene rings is 1. The molecule has 0 saturated carbocycles. The first-order valence-corrected chi connectivity index (χ1v) is 6.09. The van der Waals surface area contributed by atoms with Crippen molar-refractivity contribution in [2.45, 2.75) is 13.0 Å². The summed E-state index contributed by atoms with van der Waals surface area (Å²) in [4.78, 5) is 2.15. The third-order valence-electron chi connectivity index (χ3n) is 2.45. The van der Waals surface area contributed by atoms with Gasteiger partial charge in [0.15, 0.2) is 0 Å². The number of hydrogen-bond acceptors (Lipinski definition) is 2. The summed E-state index contributed by atoms with van der Waals surface area (Å²) >= 11 is 11.8. The van der Waals surface area contributed by atoms with Gasteiger partial charge in [0, 0.05) is 19.1 Å². The summed E-state index contributed by atoms with van der Waals surface area (Å²) in [6.07, 6.45) is 0. The first-order valence-electron chi connectivity index (χ1n) is 5.33. The maximum absolute atomic E-state index is 5.97. The summed E-state index contributed by atoms with van der Waals surface area (Å²) in [6.45, 7) is 4.09. The Hall–Kier alpha value is -0.280. The minimum Gasteiger partial charge on any atom is -0.309 e. The molecule has 1 N–H and O–H groups in total. The van der Waals surface area contributed by atoms with Gasteiger partial charge in [0.25, 0.3) is 0 Å². The van der Waals surface area contributed by atoms with Gasteiger partial charge in [-0.2, -0.15) is 0 Å². The van der Waals surface area contributed by atoms with Crippen molar-refractivity contribution in [3.63, 3.8) is 0 Å². The SMILES string of the molecule is C[C@H](NCCN(C)C)c1ccc(Cl)c(Cl)c1. The molecular weight excluding hydrogens is 243 g/mol. The van der Waals surface area contributed by atoms with Gasteiger partial charge in [-0.05, 0) is 38.7 Å². The molecule has 0 aliphatic heterocycles. The Balaban J connectivity index is 2.52. The van der Waals surface area contributed by atoms with E-state index in [1.165, 1.54) is 0 Å². The number of hydrogen-bond donors (Lipinski definition) is 1. The molecule has 1 atom stereocenters. The molecule has 0 heterocycles. The van der Waals surface area contributed by atoms with Crippen molar-refractivity contribution < 1.29 is 0 Å². The second-order valence-electron chi connectivity index (χ2n) is 4.15. The Labute approximate surface area is 108 Å². The highest BCUT2D eigenvalue weighted by molar-refractivity contribution is 6.42. The van der Waals surface area contributed by atoms with Crippen LogP contribution in [0.2, 0.25) is 10.0 Å². The average Bonchev–Trinajstić information content (AvgIpc) is 2.21. The predicted octanol–water partition coefficient (Wildman–Crippen LogP) is 3.21. The molecule has 0 aromatic heterocycles. The molecule has 90 valence electrons. The lowest BCUT2D eigenvalue weighted by Gasteiger charge is -2.17. The van der Waals surface area contributed by atoms with Crippen molar-refractivity contribution in [3.05, 3.63) is 33.8 Å². The highest BCUT2D eigenvalue weighted by atomic mass is 35.5. The topological polar surface area (TPSA) is 15.3 Å². The molecule has 0 amide bonds. The number of halogens is 2. The summed E-state index contributed by atoms with van der Waals surface area (Å²) in [7, 11) is 4.12. The molecule has 2 nitrogen and oxygen atoms in total. The van der Waals surface area contributed by atoms with Crippen LogP contribution >= 0.6 is 23.2 Å². The molecule has 1 aromatic carbocycles. The zero-order chi connectivity index (χ0) is 12.1. The molecule has 0 fully saturated rings. The van der Waals surface area contributed by atoms with Crippen LogP contribution in [0.3, 0.4) is 0 Å². The van der Waals surface area contributed by atoms with Crippen molar-refractivity contribution in [1.82, 2.24) is 10.2 Å². The normalized spacial score (nSPS) is 13.1. The highest BCUT2D eigenvalue weighted by Crippen LogP contribution is 2.25. The van der Waals surface area contributed by atoms with E-state index in [9.17, 15) is 0 Å². The van der Waals surface area contributed by atoms with Crippen LogP contribution in [0.4, 0.5) is 0 Å². The van der Waals surface area contributed by atoms with E-state index in [0.717, 1.165) is 18.7 Å². The predicted molar refractivity (Wildman–Crippen MR) is 71.4 cm³/mol. The molecule has 0 radical (unpaired) electrons. The maximum atomic E-state index is 5.97. The van der Waals surface area contributed by atoms with Crippen LogP contribution in [0.25, 0.3) is 0 Å². The van der Waals surface area contributed by atoms with E-state index in [1.54, 1.807) is 0 Å². The fraction of sp³-hybridized carbons (Fsp3) is 0.500. The zero-order valence-corrected chi connectivity index (χ0v) is 11.4. The molecule has 16 heavy (non-hydrogen) atoms. The van der Waals surface area contributed by atoms with Crippen LogP contribution in [0.1, 0.15) is 18.5 Å². The fourth-order valence-electron chi connectivity index (χ4n) is 1.40. The molecule has 0 aliphatic carbocycles. The van der Waals surface area contributed by atoms with E-state index >= 15 is 0 Å². The van der Waals surface area contributed by atoms with Gasteiger partial charge in [-0.25, -0.2) is 0 Å². The summed E-state index contributed by atoms with van der Waals surface area (Å²) < 4.78 is 0. The van der Waals surface area contributed by atoms with E-state index in [1.807, 2.05) is 18.2 Å². The molecule has 1 aromatic rings. The molecule has 0 bridgehead atoms. The van der Waals surface area contributed by atoms with E-state index in [4.69, 9.17) is 23.2 Å². The second kappa shape index (κ2) is 6.45. The Morgan fingerprint density at radius 3 is 2.50 bits per heavy atom. The Morgan fingerprint density at radius 1 is 1.25 bits per heavy atom. The molecular formula is C12H18Cl2N2. The summed E-state index contributed by atoms with van der Waals surface area (Å²) in [6, 6.07) is 6.04. The van der Waals surface area contributed by atoms with Gasteiger partial charge >= 0.3 is 0 Å². The van der Waals surface area contributed by atoms with Gasteiger partial charge < -0.3 is 10.2 Å². The zero-order valence-electron chi connectivity index (χ0n) is 9.93. The standard InChI is InChI=1S/C12H18Cl2N2/c1-9(15-6-7-16(2)3)10-4-5-11(13)12(14)8-10/h4-5,8-9,15H,6-7H2,1-3H3/t9-/m0/s1. The minimum atomic E-state index is 0.287. The maximum Gasteiger partial charge on any atom is 0.0595 e. The Kier molecular flexibility index (Phi) is 5.56. The molecule has 0 unspecified atom stereocenters. The third kappa shape index (κ3) is 4.30. The van der Waals surface area contributed by atoms with E-state index < -0.39 is 0 Å². The highest BCUT2D eigenvalue weighted by Gasteiger charge is 2.06. The second-order valence-corrected chi connectivity index (χ2v) is 4.97. The molecule has 0 saturated heterocycles. The van der Waals surface area contributed by atoms with Crippen LogP contribution in [-0.4, -0.2) is 32.1 Å². The van der Waals surface area contributed by atoms with E-state index in [0.29, 0.717) is 10.0 Å². The number of likely N-dealkylation sites (N-methyl/N-ethyl adjacent to an activating group) is 1. The monoisotopic (exact) mass is 260 g/mol. The first-order chi connectivity index (χ1) is 7.50. The lowest BCUT2D eigenvalue weighted by molar-refractivity contribution is 0.389. The average molecular weight is 261 g/mol. The number of nitrogens with one attached hydrogen (secondary N) is 1. The summed E-state index contributed by atoms with van der Waals surface area (Å²) in [5, 5.41) is 4.65.